The molecule has 31 heavy (non-hydrogen) atoms. The second-order valence-electron chi connectivity index (χ2n) is 8.17. The smallest absolute Gasteiger partial charge is 0.409 e. The van der Waals surface area contributed by atoms with Gasteiger partial charge in [0.05, 0.1) is 23.3 Å². The molecular formula is C20H28N6O4S. The van der Waals surface area contributed by atoms with Gasteiger partial charge < -0.3 is 15.0 Å². The number of hydrogen-bond donors (Lipinski definition) is 2. The largest absolute Gasteiger partial charge is 0.446 e. The molecule has 2 aliphatic rings. The molecule has 0 bridgehead atoms. The van der Waals surface area contributed by atoms with Crippen molar-refractivity contribution in [2.75, 3.05) is 36.0 Å². The van der Waals surface area contributed by atoms with Crippen LogP contribution in [-0.4, -0.2) is 67.1 Å². The molecule has 11 heteroatoms. The van der Waals surface area contributed by atoms with E-state index in [2.05, 4.69) is 20.5 Å². The number of anilines is 3. The van der Waals surface area contributed by atoms with Crippen LogP contribution in [0.25, 0.3) is 0 Å². The van der Waals surface area contributed by atoms with E-state index in [9.17, 15) is 13.2 Å². The van der Waals surface area contributed by atoms with Gasteiger partial charge in [0.2, 0.25) is 10.0 Å². The van der Waals surface area contributed by atoms with Crippen LogP contribution in [0.2, 0.25) is 0 Å². The molecule has 2 aromatic rings. The van der Waals surface area contributed by atoms with Gasteiger partial charge in [0.25, 0.3) is 0 Å². The van der Waals surface area contributed by atoms with Gasteiger partial charge in [-0.15, -0.1) is 0 Å². The highest BCUT2D eigenvalue weighted by atomic mass is 32.2. The van der Waals surface area contributed by atoms with E-state index in [1.807, 2.05) is 13.0 Å². The fourth-order valence-electron chi connectivity index (χ4n) is 4.23. The summed E-state index contributed by atoms with van der Waals surface area (Å²) in [5.74, 6) is 0.906. The number of H-pyrrole nitrogens is 1. The summed E-state index contributed by atoms with van der Waals surface area (Å²) in [6.45, 7) is 2.18. The molecule has 1 amide bonds. The third kappa shape index (κ3) is 4.32. The number of nitrogens with zero attached hydrogens (tertiary/aromatic N) is 4. The second-order valence-corrected chi connectivity index (χ2v) is 10.2. The van der Waals surface area contributed by atoms with Crippen molar-refractivity contribution >= 4 is 33.3 Å². The van der Waals surface area contributed by atoms with Crippen LogP contribution in [0.1, 0.15) is 43.4 Å². The highest BCUT2D eigenvalue weighted by Gasteiger charge is 2.32. The number of ether oxygens (including phenoxy) is 1. The van der Waals surface area contributed by atoms with E-state index in [1.165, 1.54) is 9.21 Å². The highest BCUT2D eigenvalue weighted by molar-refractivity contribution is 7.92. The number of carbonyl (C=O) groups is 1. The SMILES string of the molecule is CCN1c2c(cncc2Nc2cc([C@H]3CC[C@@H](OC(=O)N(C)C)C3)[nH]n2)CCS1(=O)=O. The molecule has 1 saturated carbocycles. The van der Waals surface area contributed by atoms with Gasteiger partial charge >= 0.3 is 6.09 Å². The summed E-state index contributed by atoms with van der Waals surface area (Å²) in [7, 11) is 0.00110. The summed E-state index contributed by atoms with van der Waals surface area (Å²) in [5, 5.41) is 10.7. The van der Waals surface area contributed by atoms with Crippen LogP contribution in [0.4, 0.5) is 22.0 Å². The van der Waals surface area contributed by atoms with Gasteiger partial charge in [-0.2, -0.15) is 5.10 Å². The lowest BCUT2D eigenvalue weighted by Gasteiger charge is -2.31. The van der Waals surface area contributed by atoms with E-state index in [0.717, 1.165) is 30.5 Å². The Morgan fingerprint density at radius 3 is 2.90 bits per heavy atom. The molecule has 2 atom stereocenters. The van der Waals surface area contributed by atoms with Crippen molar-refractivity contribution in [2.45, 2.75) is 44.6 Å². The van der Waals surface area contributed by atoms with Gasteiger partial charge in [-0.1, -0.05) is 0 Å². The van der Waals surface area contributed by atoms with Crippen LogP contribution in [0.15, 0.2) is 18.5 Å². The summed E-state index contributed by atoms with van der Waals surface area (Å²) in [6.07, 6.45) is 5.82. The Bertz CT molecular complexity index is 1070. The molecule has 168 valence electrons. The monoisotopic (exact) mass is 448 g/mol. The summed E-state index contributed by atoms with van der Waals surface area (Å²) >= 11 is 0. The minimum absolute atomic E-state index is 0.0900. The van der Waals surface area contributed by atoms with Crippen molar-refractivity contribution in [3.8, 4) is 0 Å². The maximum absolute atomic E-state index is 12.5. The molecule has 1 aliphatic heterocycles. The van der Waals surface area contributed by atoms with Crippen LogP contribution >= 0.6 is 0 Å². The standard InChI is InChI=1S/C20H28N6O4S/c1-4-26-19-14(7-8-31(26,28)29)11-21-12-17(19)22-18-10-16(23-24-18)13-5-6-15(9-13)30-20(27)25(2)3/h10-13,15H,4-9H2,1-3H3,(H2,22,23,24)/t13-,15+/m0/s1. The lowest BCUT2D eigenvalue weighted by Crippen LogP contribution is -2.38. The average molecular weight is 449 g/mol. The number of fused-ring (bicyclic) bond motifs is 1. The predicted molar refractivity (Wildman–Crippen MR) is 117 cm³/mol. The van der Waals surface area contributed by atoms with E-state index >= 15 is 0 Å². The quantitative estimate of drug-likeness (QED) is 0.721. The molecule has 0 saturated heterocycles. The normalized spacial score (nSPS) is 22.1. The van der Waals surface area contributed by atoms with Crippen LogP contribution in [-0.2, 0) is 21.2 Å². The highest BCUT2D eigenvalue weighted by Crippen LogP contribution is 2.39. The van der Waals surface area contributed by atoms with E-state index in [4.69, 9.17) is 4.74 Å². The molecule has 0 aromatic carbocycles. The molecule has 0 spiro atoms. The number of sulfonamides is 1. The van der Waals surface area contributed by atoms with Crippen LogP contribution in [0, 0.1) is 0 Å². The molecule has 10 nitrogen and oxygen atoms in total. The lowest BCUT2D eigenvalue weighted by molar-refractivity contribution is 0.0770. The van der Waals surface area contributed by atoms with Crippen molar-refractivity contribution in [3.63, 3.8) is 0 Å². The van der Waals surface area contributed by atoms with Gasteiger partial charge in [0.1, 0.15) is 6.10 Å². The van der Waals surface area contributed by atoms with Crippen molar-refractivity contribution in [2.24, 2.45) is 0 Å². The van der Waals surface area contributed by atoms with Gasteiger partial charge in [-0.05, 0) is 38.2 Å². The fourth-order valence-corrected chi connectivity index (χ4v) is 5.82. The molecular weight excluding hydrogens is 420 g/mol. The zero-order chi connectivity index (χ0) is 22.2. The number of nitrogens with one attached hydrogen (secondary N) is 2. The van der Waals surface area contributed by atoms with Crippen LogP contribution in [0.5, 0.6) is 0 Å². The van der Waals surface area contributed by atoms with Crippen molar-refractivity contribution in [1.82, 2.24) is 20.1 Å². The molecule has 1 aliphatic carbocycles. The first-order valence-electron chi connectivity index (χ1n) is 10.5. The third-order valence-electron chi connectivity index (χ3n) is 5.81. The lowest BCUT2D eigenvalue weighted by atomic mass is 10.0. The number of pyridine rings is 1. The first kappa shape index (κ1) is 21.4. The summed E-state index contributed by atoms with van der Waals surface area (Å²) in [6, 6.07) is 1.92. The number of hydrogen-bond acceptors (Lipinski definition) is 7. The zero-order valence-corrected chi connectivity index (χ0v) is 18.8. The Hall–Kier alpha value is -2.82. The van der Waals surface area contributed by atoms with E-state index in [-0.39, 0.29) is 23.9 Å². The van der Waals surface area contributed by atoms with Crippen molar-refractivity contribution < 1.29 is 17.9 Å². The Morgan fingerprint density at radius 1 is 1.35 bits per heavy atom. The molecule has 2 N–H and O–H groups in total. The number of rotatable bonds is 5. The Kier molecular flexibility index (Phi) is 5.78. The molecule has 2 aromatic heterocycles. The van der Waals surface area contributed by atoms with Crippen molar-refractivity contribution in [1.29, 1.82) is 0 Å². The first-order chi connectivity index (χ1) is 14.8. The molecule has 4 rings (SSSR count). The topological polar surface area (TPSA) is 121 Å². The number of aromatic amines is 1. The van der Waals surface area contributed by atoms with Crippen LogP contribution in [0.3, 0.4) is 0 Å². The Labute approximate surface area is 182 Å². The Morgan fingerprint density at radius 2 is 2.16 bits per heavy atom. The maximum atomic E-state index is 12.5. The minimum atomic E-state index is -3.34. The molecule has 0 unspecified atom stereocenters. The third-order valence-corrected chi connectivity index (χ3v) is 7.64. The average Bonchev–Trinajstić information content (AvgIpc) is 3.37. The van der Waals surface area contributed by atoms with Gasteiger partial charge in [-0.3, -0.25) is 14.4 Å². The molecule has 3 heterocycles. The summed E-state index contributed by atoms with van der Waals surface area (Å²) in [5.41, 5.74) is 3.12. The van der Waals surface area contributed by atoms with Gasteiger partial charge in [0.15, 0.2) is 5.82 Å². The maximum Gasteiger partial charge on any atom is 0.409 e. The molecule has 0 radical (unpaired) electrons. The van der Waals surface area contributed by atoms with E-state index in [0.29, 0.717) is 30.2 Å². The first-order valence-corrected chi connectivity index (χ1v) is 12.1. The number of amides is 1. The predicted octanol–water partition coefficient (Wildman–Crippen LogP) is 2.59. The zero-order valence-electron chi connectivity index (χ0n) is 18.0. The van der Waals surface area contributed by atoms with Gasteiger partial charge in [-0.25, -0.2) is 13.2 Å². The summed E-state index contributed by atoms with van der Waals surface area (Å²) in [4.78, 5) is 17.5. The van der Waals surface area contributed by atoms with Gasteiger partial charge in [0, 0.05) is 44.5 Å². The molecule has 1 fully saturated rings. The fraction of sp³-hybridized carbons (Fsp3) is 0.550. The summed E-state index contributed by atoms with van der Waals surface area (Å²) < 4.78 is 32.0. The Balaban J connectivity index is 1.49. The van der Waals surface area contributed by atoms with Crippen molar-refractivity contribution in [3.05, 3.63) is 29.7 Å². The number of aromatic nitrogens is 3. The van der Waals surface area contributed by atoms with Crippen LogP contribution < -0.4 is 9.62 Å². The second kappa shape index (κ2) is 8.37. The minimum Gasteiger partial charge on any atom is -0.446 e. The van der Waals surface area contributed by atoms with E-state index < -0.39 is 10.0 Å². The number of carbonyl (C=O) groups excluding carboxylic acids is 1. The number of aryl methyl sites for hydroxylation is 1. The van der Waals surface area contributed by atoms with E-state index in [1.54, 1.807) is 26.5 Å².